The molecule has 0 aliphatic heterocycles. The highest BCUT2D eigenvalue weighted by atomic mass is 16.2. The highest BCUT2D eigenvalue weighted by Gasteiger charge is 2.19. The van der Waals surface area contributed by atoms with Crippen molar-refractivity contribution >= 4 is 22.7 Å². The smallest absolute Gasteiger partial charge is 0.296 e. The summed E-state index contributed by atoms with van der Waals surface area (Å²) in [6, 6.07) is 25.8. The number of hydrogen-bond acceptors (Lipinski definition) is 6. The largest absolute Gasteiger partial charge is 0.309 e. The minimum atomic E-state index is -0.666. The lowest BCUT2D eigenvalue weighted by atomic mass is 10.2. The number of para-hydroxylation sites is 2. The highest BCUT2D eigenvalue weighted by Crippen LogP contribution is 2.20. The van der Waals surface area contributed by atoms with Crippen LogP contribution in [0.5, 0.6) is 0 Å². The Morgan fingerprint density at radius 2 is 1.51 bits per heavy atom. The van der Waals surface area contributed by atoms with E-state index in [9.17, 15) is 14.4 Å². The van der Waals surface area contributed by atoms with E-state index in [4.69, 9.17) is 0 Å². The molecule has 2 heterocycles. The van der Waals surface area contributed by atoms with E-state index in [0.717, 1.165) is 11.3 Å². The van der Waals surface area contributed by atoms with Gasteiger partial charge in [-0.3, -0.25) is 29.8 Å². The molecule has 0 radical (unpaired) electrons. The first-order valence-electron chi connectivity index (χ1n) is 11.6. The second-order valence-electron chi connectivity index (χ2n) is 8.26. The molecule has 10 nitrogen and oxygen atoms in total. The maximum Gasteiger partial charge on any atom is 0.309 e. The van der Waals surface area contributed by atoms with Crippen LogP contribution in [0.2, 0.25) is 0 Å². The zero-order valence-electron chi connectivity index (χ0n) is 20.0. The fraction of sp³-hybridized carbons (Fsp3) is 0.111. The van der Waals surface area contributed by atoms with Crippen LogP contribution in [0.3, 0.4) is 0 Å². The van der Waals surface area contributed by atoms with Gasteiger partial charge in [-0.15, -0.1) is 5.10 Å². The first kappa shape index (κ1) is 23.6. The van der Waals surface area contributed by atoms with Gasteiger partial charge in [0.15, 0.2) is 5.82 Å². The molecule has 0 unspecified atom stereocenters. The van der Waals surface area contributed by atoms with Crippen LogP contribution in [0.15, 0.2) is 89.7 Å². The van der Waals surface area contributed by atoms with E-state index < -0.39 is 11.8 Å². The van der Waals surface area contributed by atoms with Crippen LogP contribution < -0.4 is 16.4 Å². The summed E-state index contributed by atoms with van der Waals surface area (Å²) in [5.74, 6) is -0.250. The van der Waals surface area contributed by atoms with Crippen LogP contribution in [-0.2, 0) is 11.3 Å². The second kappa shape index (κ2) is 10.2. The van der Waals surface area contributed by atoms with Crippen LogP contribution in [0.4, 0.5) is 0 Å². The first-order valence-corrected chi connectivity index (χ1v) is 11.6. The highest BCUT2D eigenvalue weighted by molar-refractivity contribution is 5.92. The summed E-state index contributed by atoms with van der Waals surface area (Å²) in [4.78, 5) is 46.9. The van der Waals surface area contributed by atoms with Gasteiger partial charge in [0.2, 0.25) is 11.7 Å². The topological polar surface area (TPSA) is 124 Å². The lowest BCUT2D eigenvalue weighted by Crippen LogP contribution is -2.42. The van der Waals surface area contributed by atoms with E-state index in [1.165, 1.54) is 4.57 Å². The predicted octanol–water partition coefficient (Wildman–Crippen LogP) is 2.80. The number of carbonyl (C=O) groups is 2. The third-order valence-electron chi connectivity index (χ3n) is 5.77. The summed E-state index contributed by atoms with van der Waals surface area (Å²) in [6.45, 7) is 1.83. The Hall–Kier alpha value is -5.12. The number of nitrogens with one attached hydrogen (secondary N) is 2. The Kier molecular flexibility index (Phi) is 6.54. The SMILES string of the molecule is Cc1nc2ccccc2c(=O)n1CCC(=O)NNC(=O)c1nc(-c2ccccc2)n(-c2ccccc2)n1. The summed E-state index contributed by atoms with van der Waals surface area (Å²) < 4.78 is 3.02. The zero-order chi connectivity index (χ0) is 25.8. The monoisotopic (exact) mass is 493 g/mol. The molecular weight excluding hydrogens is 470 g/mol. The Labute approximate surface area is 211 Å². The fourth-order valence-corrected chi connectivity index (χ4v) is 3.93. The minimum Gasteiger partial charge on any atom is -0.296 e. The van der Waals surface area contributed by atoms with E-state index in [2.05, 4.69) is 25.9 Å². The summed E-state index contributed by atoms with van der Waals surface area (Å²) in [5.41, 5.74) is 6.64. The molecule has 184 valence electrons. The molecule has 2 amide bonds. The number of nitrogens with zero attached hydrogens (tertiary/aromatic N) is 5. The van der Waals surface area contributed by atoms with Crippen molar-refractivity contribution in [3.63, 3.8) is 0 Å². The normalized spacial score (nSPS) is 10.8. The minimum absolute atomic E-state index is 0.0395. The van der Waals surface area contributed by atoms with Gasteiger partial charge in [-0.1, -0.05) is 60.7 Å². The van der Waals surface area contributed by atoms with Gasteiger partial charge in [-0.2, -0.15) is 0 Å². The number of fused-ring (bicyclic) bond motifs is 1. The molecular formula is C27H23N7O3. The van der Waals surface area contributed by atoms with Crippen LogP contribution in [-0.4, -0.2) is 36.1 Å². The molecule has 0 atom stereocenters. The van der Waals surface area contributed by atoms with Crippen molar-refractivity contribution < 1.29 is 9.59 Å². The molecule has 5 rings (SSSR count). The molecule has 0 aliphatic rings. The maximum absolute atomic E-state index is 12.8. The number of rotatable bonds is 6. The molecule has 0 fully saturated rings. The number of hydrazine groups is 1. The molecule has 2 aromatic heterocycles. The predicted molar refractivity (Wildman–Crippen MR) is 138 cm³/mol. The van der Waals surface area contributed by atoms with Crippen molar-refractivity contribution in [3.05, 3.63) is 107 Å². The molecule has 0 spiro atoms. The van der Waals surface area contributed by atoms with Gasteiger partial charge in [-0.05, 0) is 31.2 Å². The van der Waals surface area contributed by atoms with Crippen molar-refractivity contribution in [1.82, 2.24) is 35.2 Å². The van der Waals surface area contributed by atoms with E-state index >= 15 is 0 Å². The molecule has 0 bridgehead atoms. The van der Waals surface area contributed by atoms with Gasteiger partial charge in [0.25, 0.3) is 5.56 Å². The van der Waals surface area contributed by atoms with E-state index in [1.54, 1.807) is 29.8 Å². The number of aromatic nitrogens is 5. The third-order valence-corrected chi connectivity index (χ3v) is 5.77. The number of aryl methyl sites for hydroxylation is 1. The molecule has 37 heavy (non-hydrogen) atoms. The number of amides is 2. The van der Waals surface area contributed by atoms with Crippen molar-refractivity contribution in [3.8, 4) is 17.1 Å². The molecule has 0 saturated carbocycles. The third kappa shape index (κ3) is 4.98. The molecule has 2 N–H and O–H groups in total. The quantitative estimate of drug-likeness (QED) is 0.351. The van der Waals surface area contributed by atoms with Gasteiger partial charge in [0.05, 0.1) is 16.6 Å². The fourth-order valence-electron chi connectivity index (χ4n) is 3.93. The van der Waals surface area contributed by atoms with Gasteiger partial charge >= 0.3 is 5.91 Å². The number of carbonyl (C=O) groups excluding carboxylic acids is 2. The first-order chi connectivity index (χ1) is 18.0. The molecule has 0 saturated heterocycles. The van der Waals surface area contributed by atoms with Crippen molar-refractivity contribution in [2.24, 2.45) is 0 Å². The summed E-state index contributed by atoms with van der Waals surface area (Å²) in [7, 11) is 0. The molecule has 10 heteroatoms. The Balaban J connectivity index is 1.28. The zero-order valence-corrected chi connectivity index (χ0v) is 20.0. The average Bonchev–Trinajstić information content (AvgIpc) is 3.38. The molecule has 3 aromatic carbocycles. The van der Waals surface area contributed by atoms with E-state index in [0.29, 0.717) is 22.6 Å². The van der Waals surface area contributed by atoms with Crippen molar-refractivity contribution in [2.75, 3.05) is 0 Å². The second-order valence-corrected chi connectivity index (χ2v) is 8.26. The van der Waals surface area contributed by atoms with Gasteiger partial charge in [0, 0.05) is 18.5 Å². The Morgan fingerprint density at radius 1 is 0.838 bits per heavy atom. The van der Waals surface area contributed by atoms with Crippen molar-refractivity contribution in [1.29, 1.82) is 0 Å². The van der Waals surface area contributed by atoms with Gasteiger partial charge in [-0.25, -0.2) is 14.6 Å². The van der Waals surface area contributed by atoms with Crippen LogP contribution in [0, 0.1) is 6.92 Å². The van der Waals surface area contributed by atoms with Crippen LogP contribution in [0.1, 0.15) is 22.9 Å². The molecule has 5 aromatic rings. The van der Waals surface area contributed by atoms with Gasteiger partial charge in [0.1, 0.15) is 5.82 Å². The van der Waals surface area contributed by atoms with Crippen LogP contribution >= 0.6 is 0 Å². The maximum atomic E-state index is 12.8. The lowest BCUT2D eigenvalue weighted by molar-refractivity contribution is -0.122. The van der Waals surface area contributed by atoms with Crippen LogP contribution in [0.25, 0.3) is 28.0 Å². The van der Waals surface area contributed by atoms with Gasteiger partial charge < -0.3 is 0 Å². The Morgan fingerprint density at radius 3 is 2.27 bits per heavy atom. The lowest BCUT2D eigenvalue weighted by Gasteiger charge is -2.11. The number of hydrogen-bond donors (Lipinski definition) is 2. The van der Waals surface area contributed by atoms with Crippen molar-refractivity contribution in [2.45, 2.75) is 19.9 Å². The van der Waals surface area contributed by atoms with E-state index in [1.807, 2.05) is 66.7 Å². The summed E-state index contributed by atoms with van der Waals surface area (Å²) >= 11 is 0. The standard InChI is InChI=1S/C27H23N7O3/c1-18-28-22-15-9-8-14-21(22)27(37)33(18)17-16-23(35)30-31-26(36)24-29-25(19-10-4-2-5-11-19)34(32-24)20-12-6-3-7-13-20/h2-15H,16-17H2,1H3,(H,30,35)(H,31,36). The average molecular weight is 494 g/mol. The number of benzene rings is 3. The Bertz CT molecular complexity index is 1590. The molecule has 0 aliphatic carbocycles. The summed E-state index contributed by atoms with van der Waals surface area (Å²) in [5, 5.41) is 4.85. The summed E-state index contributed by atoms with van der Waals surface area (Å²) in [6.07, 6.45) is -0.0395. The van der Waals surface area contributed by atoms with E-state index in [-0.39, 0.29) is 24.3 Å².